The number of nitrogens with zero attached hydrogens (tertiary/aromatic N) is 4. The van der Waals surface area contributed by atoms with E-state index in [1.165, 1.54) is 17.4 Å². The lowest BCUT2D eigenvalue weighted by Gasteiger charge is -2.32. The number of amides is 2. The summed E-state index contributed by atoms with van der Waals surface area (Å²) in [4.78, 5) is 38.2. The number of nitrogens with one attached hydrogen (secondary N) is 2. The van der Waals surface area contributed by atoms with Gasteiger partial charge in [0.05, 0.1) is 15.7 Å². The molecule has 2 aliphatic rings. The van der Waals surface area contributed by atoms with E-state index in [-0.39, 0.29) is 17.7 Å². The third-order valence-corrected chi connectivity index (χ3v) is 8.86. The van der Waals surface area contributed by atoms with Crippen LogP contribution in [0.1, 0.15) is 23.2 Å². The van der Waals surface area contributed by atoms with Crippen LogP contribution < -0.4 is 10.6 Å². The lowest BCUT2D eigenvalue weighted by molar-refractivity contribution is -0.117. The highest BCUT2D eigenvalue weighted by molar-refractivity contribution is 7.22. The molecule has 3 heterocycles. The normalized spacial score (nSPS) is 15.7. The Morgan fingerprint density at radius 2 is 1.79 bits per heavy atom. The van der Waals surface area contributed by atoms with Gasteiger partial charge in [0.2, 0.25) is 5.91 Å². The highest BCUT2D eigenvalue weighted by Crippen LogP contribution is 2.35. The number of aromatic nitrogens is 2. The molecule has 10 heteroatoms. The van der Waals surface area contributed by atoms with Gasteiger partial charge in [-0.1, -0.05) is 23.5 Å². The van der Waals surface area contributed by atoms with Gasteiger partial charge in [-0.25, -0.2) is 9.37 Å². The van der Waals surface area contributed by atoms with E-state index in [1.54, 1.807) is 23.2 Å². The number of pyridine rings is 1. The first-order valence-corrected chi connectivity index (χ1v) is 14.9. The molecule has 1 saturated heterocycles. The molecule has 2 aromatic heterocycles. The second-order valence-corrected chi connectivity index (χ2v) is 12.0. The van der Waals surface area contributed by atoms with Crippen molar-refractivity contribution in [2.45, 2.75) is 12.8 Å². The van der Waals surface area contributed by atoms with E-state index in [0.717, 1.165) is 58.4 Å². The van der Waals surface area contributed by atoms with Crippen molar-refractivity contribution in [1.29, 1.82) is 0 Å². The van der Waals surface area contributed by atoms with Crippen LogP contribution in [0.4, 0.5) is 20.9 Å². The third-order valence-electron chi connectivity index (χ3n) is 7.90. The quantitative estimate of drug-likeness (QED) is 0.251. The van der Waals surface area contributed by atoms with Gasteiger partial charge in [0.15, 0.2) is 5.13 Å². The SMILES string of the molecule is CN1CCN(C(=O)c2ccc(-c3ccc4nccc(Nc5ccc6sc(NC(=O)C7CC7)nc6c5)c4c3)c(F)c2)CC1. The molecule has 1 aliphatic heterocycles. The second-order valence-electron chi connectivity index (χ2n) is 11.0. The van der Waals surface area contributed by atoms with Crippen molar-refractivity contribution in [2.24, 2.45) is 5.92 Å². The number of anilines is 3. The zero-order chi connectivity index (χ0) is 28.8. The van der Waals surface area contributed by atoms with E-state index in [4.69, 9.17) is 0 Å². The van der Waals surface area contributed by atoms with Gasteiger partial charge in [0.1, 0.15) is 5.82 Å². The third kappa shape index (κ3) is 5.31. The Labute approximate surface area is 246 Å². The smallest absolute Gasteiger partial charge is 0.254 e. The zero-order valence-electron chi connectivity index (χ0n) is 23.1. The van der Waals surface area contributed by atoms with E-state index < -0.39 is 5.82 Å². The van der Waals surface area contributed by atoms with Crippen LogP contribution in [0.5, 0.6) is 0 Å². The van der Waals surface area contributed by atoms with E-state index in [1.807, 2.05) is 49.5 Å². The van der Waals surface area contributed by atoms with Gasteiger partial charge in [-0.3, -0.25) is 14.6 Å². The fraction of sp³-hybridized carbons (Fsp3) is 0.250. The molecule has 5 aromatic rings. The number of thiazole rings is 1. The van der Waals surface area contributed by atoms with Gasteiger partial charge in [0.25, 0.3) is 5.91 Å². The summed E-state index contributed by atoms with van der Waals surface area (Å²) in [7, 11) is 2.03. The van der Waals surface area contributed by atoms with Crippen LogP contribution in [0.25, 0.3) is 32.2 Å². The van der Waals surface area contributed by atoms with Crippen LogP contribution in [0.15, 0.2) is 66.9 Å². The monoisotopic (exact) mass is 580 g/mol. The highest BCUT2D eigenvalue weighted by Gasteiger charge is 2.30. The summed E-state index contributed by atoms with van der Waals surface area (Å²) in [5.74, 6) is -0.419. The van der Waals surface area contributed by atoms with Crippen molar-refractivity contribution in [1.82, 2.24) is 19.8 Å². The Bertz CT molecular complexity index is 1840. The van der Waals surface area contributed by atoms with Crippen molar-refractivity contribution in [3.05, 3.63) is 78.2 Å². The van der Waals surface area contributed by atoms with Crippen molar-refractivity contribution in [2.75, 3.05) is 43.9 Å². The van der Waals surface area contributed by atoms with Gasteiger partial charge in [0, 0.05) is 66.2 Å². The van der Waals surface area contributed by atoms with Crippen molar-refractivity contribution in [3.63, 3.8) is 0 Å². The fourth-order valence-corrected chi connectivity index (χ4v) is 6.11. The Hall–Kier alpha value is -4.41. The summed E-state index contributed by atoms with van der Waals surface area (Å²) in [6, 6.07) is 18.1. The molecule has 0 atom stereocenters. The number of benzene rings is 3. The Kier molecular flexibility index (Phi) is 6.79. The lowest BCUT2D eigenvalue weighted by Crippen LogP contribution is -2.47. The zero-order valence-corrected chi connectivity index (χ0v) is 23.9. The average molecular weight is 581 g/mol. The first-order valence-electron chi connectivity index (χ1n) is 14.1. The molecule has 1 aliphatic carbocycles. The Morgan fingerprint density at radius 1 is 0.952 bits per heavy atom. The highest BCUT2D eigenvalue weighted by atomic mass is 32.1. The van der Waals surface area contributed by atoms with Crippen molar-refractivity contribution >= 4 is 60.8 Å². The van der Waals surface area contributed by atoms with Crippen LogP contribution in [0, 0.1) is 11.7 Å². The minimum absolute atomic E-state index is 0.0409. The van der Waals surface area contributed by atoms with Crippen LogP contribution in [-0.2, 0) is 4.79 Å². The summed E-state index contributed by atoms with van der Waals surface area (Å²) in [5.41, 5.74) is 4.70. The minimum Gasteiger partial charge on any atom is -0.355 e. The van der Waals surface area contributed by atoms with Crippen molar-refractivity contribution < 1.29 is 14.0 Å². The topological polar surface area (TPSA) is 90.5 Å². The van der Waals surface area contributed by atoms with Crippen LogP contribution in [0.3, 0.4) is 0 Å². The van der Waals surface area contributed by atoms with E-state index in [0.29, 0.717) is 34.9 Å². The molecule has 2 N–H and O–H groups in total. The number of fused-ring (bicyclic) bond motifs is 2. The Morgan fingerprint density at radius 3 is 2.57 bits per heavy atom. The molecule has 0 spiro atoms. The summed E-state index contributed by atoms with van der Waals surface area (Å²) in [5, 5.41) is 7.83. The minimum atomic E-state index is -0.439. The molecule has 0 bridgehead atoms. The van der Waals surface area contributed by atoms with Gasteiger partial charge in [-0.15, -0.1) is 0 Å². The first kappa shape index (κ1) is 26.5. The number of carbonyl (C=O) groups is 2. The molecule has 0 unspecified atom stereocenters. The van der Waals surface area contributed by atoms with E-state index >= 15 is 4.39 Å². The lowest BCUT2D eigenvalue weighted by atomic mass is 10.00. The second kappa shape index (κ2) is 10.8. The number of halogens is 1. The van der Waals surface area contributed by atoms with Crippen LogP contribution in [0.2, 0.25) is 0 Å². The standard InChI is InChI=1S/C32H29FN6O2S/c1-38-12-14-39(15-13-38)31(41)21-4-7-23(25(33)17-21)20-5-8-26-24(16-20)27(10-11-34-26)35-22-6-9-29-28(18-22)36-32(42-29)37-30(40)19-2-3-19/h4-11,16-19H,2-3,12-15H2,1H3,(H,34,35)(H,36,37,40). The Balaban J connectivity index is 1.14. The van der Waals surface area contributed by atoms with E-state index in [9.17, 15) is 9.59 Å². The largest absolute Gasteiger partial charge is 0.355 e. The van der Waals surface area contributed by atoms with Gasteiger partial charge < -0.3 is 20.4 Å². The first-order chi connectivity index (χ1) is 20.4. The van der Waals surface area contributed by atoms with Gasteiger partial charge in [-0.05, 0) is 74.0 Å². The molecule has 2 fully saturated rings. The molecule has 3 aromatic carbocycles. The summed E-state index contributed by atoms with van der Waals surface area (Å²) >= 11 is 1.46. The predicted octanol–water partition coefficient (Wildman–Crippen LogP) is 6.13. The maximum atomic E-state index is 15.4. The van der Waals surface area contributed by atoms with Crippen LogP contribution >= 0.6 is 11.3 Å². The number of hydrogen-bond donors (Lipinski definition) is 2. The summed E-state index contributed by atoms with van der Waals surface area (Å²) in [6.45, 7) is 2.90. The van der Waals surface area contributed by atoms with Crippen molar-refractivity contribution in [3.8, 4) is 11.1 Å². The van der Waals surface area contributed by atoms with Crippen LogP contribution in [-0.4, -0.2) is 64.8 Å². The summed E-state index contributed by atoms with van der Waals surface area (Å²) < 4.78 is 16.4. The number of carbonyl (C=O) groups excluding carboxylic acids is 2. The molecule has 0 radical (unpaired) electrons. The average Bonchev–Trinajstić information content (AvgIpc) is 3.78. The predicted molar refractivity (Wildman–Crippen MR) is 165 cm³/mol. The molecular weight excluding hydrogens is 551 g/mol. The number of piperazine rings is 1. The van der Waals surface area contributed by atoms with Gasteiger partial charge in [-0.2, -0.15) is 0 Å². The molecule has 7 rings (SSSR count). The van der Waals surface area contributed by atoms with Gasteiger partial charge >= 0.3 is 0 Å². The molecule has 42 heavy (non-hydrogen) atoms. The molecule has 1 saturated carbocycles. The van der Waals surface area contributed by atoms with E-state index in [2.05, 4.69) is 25.5 Å². The molecule has 8 nitrogen and oxygen atoms in total. The number of rotatable bonds is 6. The molecular formula is C32H29FN6O2S. The molecule has 2 amide bonds. The maximum absolute atomic E-state index is 15.4. The number of likely N-dealkylation sites (N-methyl/N-ethyl adjacent to an activating group) is 1. The number of hydrogen-bond acceptors (Lipinski definition) is 7. The fourth-order valence-electron chi connectivity index (χ4n) is 5.26. The maximum Gasteiger partial charge on any atom is 0.254 e. The molecule has 212 valence electrons. The summed E-state index contributed by atoms with van der Waals surface area (Å²) in [6.07, 6.45) is 3.62.